The fourth-order valence-electron chi connectivity index (χ4n) is 3.13. The minimum atomic E-state index is 0.993. The van der Waals surface area contributed by atoms with E-state index in [1.165, 1.54) is 116 Å². The van der Waals surface area contributed by atoms with Crippen LogP contribution >= 0.6 is 0 Å². The number of hydrogen-bond acceptors (Lipinski definition) is 2. The van der Waals surface area contributed by atoms with E-state index in [2.05, 4.69) is 18.6 Å². The van der Waals surface area contributed by atoms with Gasteiger partial charge in [0.2, 0.25) is 0 Å². The van der Waals surface area contributed by atoms with E-state index in [1.54, 1.807) is 0 Å². The second kappa shape index (κ2) is 24.9. The van der Waals surface area contributed by atoms with E-state index in [1.807, 2.05) is 0 Å². The highest BCUT2D eigenvalue weighted by Gasteiger charge is 1.95. The van der Waals surface area contributed by atoms with E-state index in [4.69, 9.17) is 4.74 Å². The third-order valence-corrected chi connectivity index (χ3v) is 4.99. The largest absolute Gasteiger partial charge is 0.381 e. The summed E-state index contributed by atoms with van der Waals surface area (Å²) < 4.78 is 10.3. The molecule has 0 amide bonds. The zero-order chi connectivity index (χ0) is 19.0. The van der Waals surface area contributed by atoms with Gasteiger partial charge in [-0.3, -0.25) is 0 Å². The molecule has 1 aliphatic rings. The van der Waals surface area contributed by atoms with Crippen LogP contribution in [0.2, 0.25) is 0 Å². The van der Waals surface area contributed by atoms with Crippen molar-refractivity contribution < 1.29 is 9.47 Å². The zero-order valence-electron chi connectivity index (χ0n) is 18.4. The first-order valence-corrected chi connectivity index (χ1v) is 12.1. The monoisotopic (exact) mass is 370 g/mol. The Labute approximate surface area is 165 Å². The van der Waals surface area contributed by atoms with Crippen molar-refractivity contribution >= 4 is 0 Å². The van der Waals surface area contributed by atoms with Crippen molar-refractivity contribution in [2.75, 3.05) is 26.4 Å². The summed E-state index contributed by atoms with van der Waals surface area (Å²) in [4.78, 5) is 0. The first-order valence-electron chi connectivity index (χ1n) is 12.1. The van der Waals surface area contributed by atoms with Gasteiger partial charge in [0.15, 0.2) is 0 Å². The molecule has 0 aliphatic carbocycles. The minimum Gasteiger partial charge on any atom is -0.381 e. The highest BCUT2D eigenvalue weighted by Crippen LogP contribution is 2.11. The van der Waals surface area contributed by atoms with Crippen LogP contribution in [0.15, 0.2) is 0 Å². The third kappa shape index (κ3) is 28.7. The molecule has 0 atom stereocenters. The summed E-state index contributed by atoms with van der Waals surface area (Å²) in [5.41, 5.74) is 0. The van der Waals surface area contributed by atoms with E-state index in [9.17, 15) is 0 Å². The van der Waals surface area contributed by atoms with Crippen molar-refractivity contribution in [1.82, 2.24) is 0 Å². The predicted molar refractivity (Wildman–Crippen MR) is 116 cm³/mol. The maximum absolute atomic E-state index is 5.75. The van der Waals surface area contributed by atoms with Gasteiger partial charge in [0.05, 0.1) is 13.2 Å². The lowest BCUT2D eigenvalue weighted by molar-refractivity contribution is 0.125. The summed E-state index contributed by atoms with van der Waals surface area (Å²) in [6.07, 6.45) is 25.2. The fourth-order valence-corrected chi connectivity index (χ4v) is 3.13. The number of unbranched alkanes of at least 4 members (excludes halogenated alkanes) is 16. The van der Waals surface area contributed by atoms with Crippen LogP contribution in [0.25, 0.3) is 0 Å². The molecule has 0 aromatic rings. The maximum atomic E-state index is 5.75. The van der Waals surface area contributed by atoms with Crippen LogP contribution in [0.1, 0.15) is 129 Å². The van der Waals surface area contributed by atoms with Gasteiger partial charge in [-0.15, -0.1) is 0 Å². The van der Waals surface area contributed by atoms with Gasteiger partial charge >= 0.3 is 0 Å². The fraction of sp³-hybridized carbons (Fsp3) is 1.00. The van der Waals surface area contributed by atoms with Gasteiger partial charge in [-0.1, -0.05) is 117 Å². The van der Waals surface area contributed by atoms with Crippen molar-refractivity contribution in [2.45, 2.75) is 129 Å². The summed E-state index contributed by atoms with van der Waals surface area (Å²) in [6, 6.07) is 0. The topological polar surface area (TPSA) is 21.8 Å². The molecule has 0 N–H and O–H groups in total. The molecule has 0 aromatic carbocycles. The Hall–Kier alpha value is -0.0800. The Morgan fingerprint density at radius 2 is 0.731 bits per heavy atom. The van der Waals surface area contributed by atoms with E-state index in [0.717, 1.165) is 26.4 Å². The molecule has 0 unspecified atom stereocenters. The standard InChI is InChI=1S/C22H46O.C2H4O/c1-3-5-7-9-11-13-15-17-19-21-23-22-20-18-16-14-12-10-8-6-4-2;1-2-3-1/h3-22H2,1-2H3;1-2H2. The lowest BCUT2D eigenvalue weighted by atomic mass is 10.1. The maximum Gasteiger partial charge on any atom is 0.0701 e. The van der Waals surface area contributed by atoms with E-state index in [-0.39, 0.29) is 0 Å². The highest BCUT2D eigenvalue weighted by atomic mass is 16.6. The SMILES string of the molecule is C1CO1.CCCCCCCCCCCOCCCCCCCCCCC. The van der Waals surface area contributed by atoms with E-state index in [0.29, 0.717) is 0 Å². The smallest absolute Gasteiger partial charge is 0.0701 e. The Kier molecular flexibility index (Phi) is 24.8. The summed E-state index contributed by atoms with van der Waals surface area (Å²) in [5.74, 6) is 0. The quantitative estimate of drug-likeness (QED) is 0.159. The number of epoxide rings is 1. The van der Waals surface area contributed by atoms with Crippen LogP contribution in [-0.4, -0.2) is 26.4 Å². The van der Waals surface area contributed by atoms with Gasteiger partial charge in [-0.2, -0.15) is 0 Å². The number of hydrogen-bond donors (Lipinski definition) is 0. The molecule has 1 saturated heterocycles. The Morgan fingerprint density at radius 3 is 1.00 bits per heavy atom. The number of rotatable bonds is 20. The van der Waals surface area contributed by atoms with E-state index >= 15 is 0 Å². The van der Waals surface area contributed by atoms with Gasteiger partial charge in [0.25, 0.3) is 0 Å². The first kappa shape index (κ1) is 25.9. The second-order valence-corrected chi connectivity index (χ2v) is 7.88. The lowest BCUT2D eigenvalue weighted by Gasteiger charge is -2.05. The van der Waals surface area contributed by atoms with Crippen molar-refractivity contribution in [1.29, 1.82) is 0 Å². The Bertz CT molecular complexity index is 205. The van der Waals surface area contributed by atoms with Gasteiger partial charge < -0.3 is 9.47 Å². The molecule has 0 bridgehead atoms. The molecule has 0 aromatic heterocycles. The summed E-state index contributed by atoms with van der Waals surface area (Å²) in [5, 5.41) is 0. The molecule has 0 spiro atoms. The Balaban J connectivity index is 0.00000187. The van der Waals surface area contributed by atoms with Crippen LogP contribution in [0, 0.1) is 0 Å². The van der Waals surface area contributed by atoms with Crippen LogP contribution in [0.4, 0.5) is 0 Å². The van der Waals surface area contributed by atoms with Crippen LogP contribution in [0.3, 0.4) is 0 Å². The summed E-state index contributed by atoms with van der Waals surface area (Å²) in [7, 11) is 0. The average Bonchev–Trinajstić information content (AvgIpc) is 3.53. The molecule has 0 saturated carbocycles. The predicted octanol–water partition coefficient (Wildman–Crippen LogP) is 8.08. The van der Waals surface area contributed by atoms with Crippen molar-refractivity contribution in [3.8, 4) is 0 Å². The summed E-state index contributed by atoms with van der Waals surface area (Å²) in [6.45, 7) is 8.56. The first-order chi connectivity index (χ1) is 12.9. The second-order valence-electron chi connectivity index (χ2n) is 7.88. The molecular weight excluding hydrogens is 320 g/mol. The lowest BCUT2D eigenvalue weighted by Crippen LogP contribution is -1.97. The third-order valence-electron chi connectivity index (χ3n) is 4.99. The van der Waals surface area contributed by atoms with Gasteiger partial charge in [-0.25, -0.2) is 0 Å². The van der Waals surface area contributed by atoms with Crippen molar-refractivity contribution in [3.05, 3.63) is 0 Å². The van der Waals surface area contributed by atoms with Crippen LogP contribution in [-0.2, 0) is 9.47 Å². The normalized spacial score (nSPS) is 12.7. The van der Waals surface area contributed by atoms with Gasteiger partial charge in [0, 0.05) is 13.2 Å². The molecular formula is C24H50O2. The van der Waals surface area contributed by atoms with Crippen molar-refractivity contribution in [3.63, 3.8) is 0 Å². The number of ether oxygens (including phenoxy) is 2. The molecule has 26 heavy (non-hydrogen) atoms. The molecule has 0 radical (unpaired) electrons. The van der Waals surface area contributed by atoms with E-state index < -0.39 is 0 Å². The van der Waals surface area contributed by atoms with Crippen LogP contribution < -0.4 is 0 Å². The zero-order valence-corrected chi connectivity index (χ0v) is 18.4. The molecule has 1 fully saturated rings. The molecule has 2 heteroatoms. The van der Waals surface area contributed by atoms with Crippen molar-refractivity contribution in [2.24, 2.45) is 0 Å². The molecule has 158 valence electrons. The summed E-state index contributed by atoms with van der Waals surface area (Å²) >= 11 is 0. The Morgan fingerprint density at radius 1 is 0.462 bits per heavy atom. The van der Waals surface area contributed by atoms with Crippen LogP contribution in [0.5, 0.6) is 0 Å². The van der Waals surface area contributed by atoms with Gasteiger partial charge in [0.1, 0.15) is 0 Å². The average molecular weight is 371 g/mol. The molecule has 1 aliphatic heterocycles. The molecule has 1 rings (SSSR count). The molecule has 1 heterocycles. The minimum absolute atomic E-state index is 0.993. The highest BCUT2D eigenvalue weighted by molar-refractivity contribution is 4.48. The van der Waals surface area contributed by atoms with Gasteiger partial charge in [-0.05, 0) is 12.8 Å². The molecule has 2 nitrogen and oxygen atoms in total.